The van der Waals surface area contributed by atoms with Gasteiger partial charge in [0, 0.05) is 18.6 Å². The summed E-state index contributed by atoms with van der Waals surface area (Å²) in [5.74, 6) is 0.751. The van der Waals surface area contributed by atoms with Crippen molar-refractivity contribution in [2.24, 2.45) is 0 Å². The van der Waals surface area contributed by atoms with Gasteiger partial charge in [0.2, 0.25) is 0 Å². The van der Waals surface area contributed by atoms with E-state index in [1.54, 1.807) is 20.4 Å². The average molecular weight is 213 g/mol. The van der Waals surface area contributed by atoms with Gasteiger partial charge in [-0.15, -0.1) is 0 Å². The first-order valence-corrected chi connectivity index (χ1v) is 4.84. The lowest BCUT2D eigenvalue weighted by Gasteiger charge is -2.08. The van der Waals surface area contributed by atoms with E-state index in [1.165, 1.54) is 0 Å². The number of methoxy groups -OCH3 is 1. The molecule has 1 aromatic heterocycles. The van der Waals surface area contributed by atoms with Crippen molar-refractivity contribution in [3.05, 3.63) is 30.0 Å². The maximum absolute atomic E-state index is 8.97. The quantitative estimate of drug-likeness (QED) is 0.830. The molecule has 0 fully saturated rings. The third kappa shape index (κ3) is 1.52. The molecule has 1 heterocycles. The second-order valence-corrected chi connectivity index (χ2v) is 3.29. The van der Waals surface area contributed by atoms with Crippen LogP contribution in [0.15, 0.2) is 24.4 Å². The van der Waals surface area contributed by atoms with E-state index < -0.39 is 0 Å². The molecule has 0 aliphatic carbocycles. The highest BCUT2D eigenvalue weighted by Crippen LogP contribution is 2.28. The molecule has 0 bridgehead atoms. The van der Waals surface area contributed by atoms with Crippen LogP contribution < -0.4 is 10.1 Å². The SMILES string of the molecule is CNc1c(C#N)cnc2ccc(OC)cc12. The summed E-state index contributed by atoms with van der Waals surface area (Å²) in [4.78, 5) is 4.22. The summed E-state index contributed by atoms with van der Waals surface area (Å²) in [5.41, 5.74) is 2.15. The van der Waals surface area contributed by atoms with Gasteiger partial charge < -0.3 is 10.1 Å². The Labute approximate surface area is 93.5 Å². The van der Waals surface area contributed by atoms with Gasteiger partial charge in [-0.05, 0) is 18.2 Å². The predicted molar refractivity (Wildman–Crippen MR) is 62.6 cm³/mol. The lowest BCUT2D eigenvalue weighted by atomic mass is 10.1. The van der Waals surface area contributed by atoms with Crippen LogP contribution in [0.2, 0.25) is 0 Å². The number of pyridine rings is 1. The molecule has 0 radical (unpaired) electrons. The molecule has 4 nitrogen and oxygen atoms in total. The second-order valence-electron chi connectivity index (χ2n) is 3.29. The van der Waals surface area contributed by atoms with Crippen LogP contribution in [0, 0.1) is 11.3 Å². The summed E-state index contributed by atoms with van der Waals surface area (Å²) < 4.78 is 5.16. The van der Waals surface area contributed by atoms with Crippen molar-refractivity contribution in [2.75, 3.05) is 19.5 Å². The Hall–Kier alpha value is -2.28. The van der Waals surface area contributed by atoms with Gasteiger partial charge in [0.05, 0.1) is 23.9 Å². The van der Waals surface area contributed by atoms with Crippen LogP contribution in [0.4, 0.5) is 5.69 Å². The molecule has 0 spiro atoms. The van der Waals surface area contributed by atoms with Crippen molar-refractivity contribution < 1.29 is 4.74 Å². The van der Waals surface area contributed by atoms with E-state index in [4.69, 9.17) is 10.00 Å². The van der Waals surface area contributed by atoms with E-state index >= 15 is 0 Å². The monoisotopic (exact) mass is 213 g/mol. The summed E-state index contributed by atoms with van der Waals surface area (Å²) in [6, 6.07) is 7.70. The van der Waals surface area contributed by atoms with Crippen LogP contribution in [0.25, 0.3) is 10.9 Å². The molecule has 0 saturated carbocycles. The number of anilines is 1. The molecule has 0 amide bonds. The summed E-state index contributed by atoms with van der Waals surface area (Å²) in [7, 11) is 3.40. The molecular weight excluding hydrogens is 202 g/mol. The fourth-order valence-electron chi connectivity index (χ4n) is 1.65. The van der Waals surface area contributed by atoms with Crippen LogP contribution in [-0.4, -0.2) is 19.1 Å². The normalized spacial score (nSPS) is 9.81. The lowest BCUT2D eigenvalue weighted by molar-refractivity contribution is 0.415. The van der Waals surface area contributed by atoms with Crippen LogP contribution in [-0.2, 0) is 0 Å². The van der Waals surface area contributed by atoms with Crippen LogP contribution >= 0.6 is 0 Å². The van der Waals surface area contributed by atoms with E-state index in [0.29, 0.717) is 5.56 Å². The third-order valence-corrected chi connectivity index (χ3v) is 2.45. The Bertz CT molecular complexity index is 572. The number of hydrogen-bond donors (Lipinski definition) is 1. The number of benzene rings is 1. The highest BCUT2D eigenvalue weighted by atomic mass is 16.5. The molecule has 0 unspecified atom stereocenters. The number of nitriles is 1. The number of ether oxygens (including phenoxy) is 1. The van der Waals surface area contributed by atoms with Gasteiger partial charge in [-0.3, -0.25) is 4.98 Å². The van der Waals surface area contributed by atoms with Gasteiger partial charge in [-0.1, -0.05) is 0 Å². The standard InChI is InChI=1S/C12H11N3O/c1-14-12-8(6-13)7-15-11-4-3-9(16-2)5-10(11)12/h3-5,7H,1-2H3,(H,14,15). The van der Waals surface area contributed by atoms with E-state index in [1.807, 2.05) is 18.2 Å². The summed E-state index contributed by atoms with van der Waals surface area (Å²) >= 11 is 0. The fraction of sp³-hybridized carbons (Fsp3) is 0.167. The van der Waals surface area contributed by atoms with E-state index in [2.05, 4.69) is 16.4 Å². The van der Waals surface area contributed by atoms with Crippen molar-refractivity contribution in [1.29, 1.82) is 5.26 Å². The van der Waals surface area contributed by atoms with E-state index in [0.717, 1.165) is 22.3 Å². The number of nitrogens with zero attached hydrogens (tertiary/aromatic N) is 2. The molecule has 0 atom stereocenters. The molecule has 80 valence electrons. The first-order valence-electron chi connectivity index (χ1n) is 4.84. The number of aromatic nitrogens is 1. The first kappa shape index (κ1) is 10.2. The number of hydrogen-bond acceptors (Lipinski definition) is 4. The second kappa shape index (κ2) is 4.07. The molecule has 4 heteroatoms. The lowest BCUT2D eigenvalue weighted by Crippen LogP contribution is -1.96. The maximum Gasteiger partial charge on any atom is 0.119 e. The van der Waals surface area contributed by atoms with E-state index in [-0.39, 0.29) is 0 Å². The van der Waals surface area contributed by atoms with Crippen molar-refractivity contribution in [3.63, 3.8) is 0 Å². The molecule has 1 N–H and O–H groups in total. The zero-order valence-corrected chi connectivity index (χ0v) is 9.11. The summed E-state index contributed by atoms with van der Waals surface area (Å²) in [6.07, 6.45) is 1.57. The average Bonchev–Trinajstić information content (AvgIpc) is 2.36. The summed E-state index contributed by atoms with van der Waals surface area (Å²) in [5, 5.41) is 12.9. The minimum atomic E-state index is 0.531. The van der Waals surface area contributed by atoms with Gasteiger partial charge >= 0.3 is 0 Å². The maximum atomic E-state index is 8.97. The molecule has 0 saturated heterocycles. The van der Waals surface area contributed by atoms with Crippen LogP contribution in [0.1, 0.15) is 5.56 Å². The zero-order valence-electron chi connectivity index (χ0n) is 9.11. The Balaban J connectivity index is 2.79. The van der Waals surface area contributed by atoms with Gasteiger partial charge in [-0.25, -0.2) is 0 Å². The zero-order chi connectivity index (χ0) is 11.5. The molecule has 2 aromatic rings. The van der Waals surface area contributed by atoms with Crippen molar-refractivity contribution in [2.45, 2.75) is 0 Å². The predicted octanol–water partition coefficient (Wildman–Crippen LogP) is 2.16. The largest absolute Gasteiger partial charge is 0.497 e. The molecule has 0 aliphatic heterocycles. The Morgan fingerprint density at radius 2 is 2.25 bits per heavy atom. The Kier molecular flexibility index (Phi) is 2.61. The number of nitrogens with one attached hydrogen (secondary N) is 1. The molecule has 0 aliphatic rings. The number of fused-ring (bicyclic) bond motifs is 1. The first-order chi connectivity index (χ1) is 7.80. The topological polar surface area (TPSA) is 57.9 Å². The van der Waals surface area contributed by atoms with Crippen molar-refractivity contribution in [1.82, 2.24) is 4.98 Å². The molecular formula is C12H11N3O. The van der Waals surface area contributed by atoms with Gasteiger partial charge in [0.25, 0.3) is 0 Å². The van der Waals surface area contributed by atoms with E-state index in [9.17, 15) is 0 Å². The van der Waals surface area contributed by atoms with Crippen LogP contribution in [0.5, 0.6) is 5.75 Å². The van der Waals surface area contributed by atoms with Gasteiger partial charge in [-0.2, -0.15) is 5.26 Å². The highest BCUT2D eigenvalue weighted by Gasteiger charge is 2.07. The smallest absolute Gasteiger partial charge is 0.119 e. The highest BCUT2D eigenvalue weighted by molar-refractivity contribution is 5.94. The third-order valence-electron chi connectivity index (χ3n) is 2.45. The Morgan fingerprint density at radius 1 is 1.44 bits per heavy atom. The number of rotatable bonds is 2. The Morgan fingerprint density at radius 3 is 2.88 bits per heavy atom. The van der Waals surface area contributed by atoms with Gasteiger partial charge in [0.15, 0.2) is 0 Å². The molecule has 2 rings (SSSR count). The minimum Gasteiger partial charge on any atom is -0.497 e. The van der Waals surface area contributed by atoms with Crippen molar-refractivity contribution in [3.8, 4) is 11.8 Å². The van der Waals surface area contributed by atoms with Crippen molar-refractivity contribution >= 4 is 16.6 Å². The van der Waals surface area contributed by atoms with Crippen LogP contribution in [0.3, 0.4) is 0 Å². The molecule has 16 heavy (non-hydrogen) atoms. The minimum absolute atomic E-state index is 0.531. The molecule has 1 aromatic carbocycles. The summed E-state index contributed by atoms with van der Waals surface area (Å²) in [6.45, 7) is 0. The van der Waals surface area contributed by atoms with Gasteiger partial charge in [0.1, 0.15) is 11.8 Å². The fourth-order valence-corrected chi connectivity index (χ4v) is 1.65.